The molecule has 27 N–H and O–H groups in total. The average molecular weight is 1910 g/mol. The first-order valence-electron chi connectivity index (χ1n) is 44.0. The van der Waals surface area contributed by atoms with Gasteiger partial charge in [0.25, 0.3) is 0 Å². The second-order valence-electron chi connectivity index (χ2n) is 34.5. The molecule has 0 fully saturated rings. The van der Waals surface area contributed by atoms with E-state index >= 15 is 0 Å². The van der Waals surface area contributed by atoms with Crippen LogP contribution in [0, 0.1) is 29.6 Å². The van der Waals surface area contributed by atoms with Crippen molar-refractivity contribution >= 4 is 153 Å². The predicted octanol–water partition coefficient (Wildman–Crippen LogP) is -4.60. The SMILES string of the molecule is CSCC[C@H](NC(=O)[C@H](CO)NC(=O)[C@H](Cc1ccccc1)NC(=O)CNC(=O)[C@H](CC(C)C)NC(=O)[C@H](CC(C)C)NC(=O)[C@H](CCC(N)=O)NC(=O)[C@H](CC(C)C)NC(=O)CNC(=O)[C@H](CO)NC(=O)[C@H](CC(N)=O)NC(=O)[C@H](C)NC(=O)[C@@H](N)CCSC)C(=O)N[C@@H](C)C(=O)N[C@@H](CC(C)C)C(=O)N[C@@H](CC(C)C)C(=O)NCC(=O)N[C@@H](Cc1c[nH]c2ccccc12)C(=O)O. The minimum absolute atomic E-state index is 0.0450. The van der Waals surface area contributed by atoms with Gasteiger partial charge in [-0.2, -0.15) is 23.5 Å². The van der Waals surface area contributed by atoms with Gasteiger partial charge in [0.15, 0.2) is 0 Å². The number of nitrogens with two attached hydrogens (primary N) is 3. The van der Waals surface area contributed by atoms with E-state index < -0.39 is 261 Å². The Bertz CT molecular complexity index is 4440. The molecular weight excluding hydrogens is 1770 g/mol. The van der Waals surface area contributed by atoms with Gasteiger partial charge in [-0.15, -0.1) is 0 Å². The normalized spacial score (nSPS) is 14.7. The maximum absolute atomic E-state index is 14.5. The van der Waals surface area contributed by atoms with Gasteiger partial charge < -0.3 is 128 Å². The lowest BCUT2D eigenvalue weighted by Gasteiger charge is -2.28. The number of aromatic amines is 1. The fourth-order valence-corrected chi connectivity index (χ4v) is 14.4. The highest BCUT2D eigenvalue weighted by atomic mass is 32.2. The van der Waals surface area contributed by atoms with Gasteiger partial charge in [0, 0.05) is 36.4 Å². The third-order valence-electron chi connectivity index (χ3n) is 20.4. The Morgan fingerprint density at radius 2 is 0.677 bits per heavy atom. The number of hydrogen-bond donors (Lipinski definition) is 24. The maximum atomic E-state index is 14.5. The van der Waals surface area contributed by atoms with E-state index in [9.17, 15) is 111 Å². The van der Waals surface area contributed by atoms with E-state index in [1.165, 1.54) is 37.4 Å². The first-order chi connectivity index (χ1) is 62.6. The fraction of sp³-hybridized carbons (Fsp3) is 0.609. The molecule has 1 heterocycles. The summed E-state index contributed by atoms with van der Waals surface area (Å²) < 4.78 is 0. The molecule has 3 aromatic rings. The van der Waals surface area contributed by atoms with Crippen LogP contribution < -0.4 is 108 Å². The number of carboxylic acids is 1. The molecular formula is C87H137N21O23S2. The highest BCUT2D eigenvalue weighted by Crippen LogP contribution is 2.21. The highest BCUT2D eigenvalue weighted by Gasteiger charge is 2.38. The Morgan fingerprint density at radius 1 is 0.346 bits per heavy atom. The van der Waals surface area contributed by atoms with Gasteiger partial charge in [-0.25, -0.2) is 4.79 Å². The van der Waals surface area contributed by atoms with Crippen molar-refractivity contribution in [1.29, 1.82) is 0 Å². The molecule has 2 aromatic carbocycles. The van der Waals surface area contributed by atoms with Gasteiger partial charge in [0.1, 0.15) is 84.6 Å². The van der Waals surface area contributed by atoms with Crippen molar-refractivity contribution in [3.05, 3.63) is 71.9 Å². The van der Waals surface area contributed by atoms with Crippen LogP contribution in [0.2, 0.25) is 0 Å². The van der Waals surface area contributed by atoms with Gasteiger partial charge in [-0.05, 0) is 136 Å². The van der Waals surface area contributed by atoms with Gasteiger partial charge in [-0.1, -0.05) is 118 Å². The molecule has 19 amide bonds. The molecule has 0 spiro atoms. The quantitative estimate of drug-likeness (QED) is 0.0253. The van der Waals surface area contributed by atoms with E-state index in [0.717, 1.165) is 10.9 Å². The van der Waals surface area contributed by atoms with Gasteiger partial charge in [0.2, 0.25) is 112 Å². The molecule has 0 aliphatic rings. The number of fused-ring (bicyclic) bond motifs is 1. The molecule has 133 heavy (non-hydrogen) atoms. The Labute approximate surface area is 781 Å². The molecule has 0 saturated carbocycles. The molecule has 0 bridgehead atoms. The highest BCUT2D eigenvalue weighted by molar-refractivity contribution is 7.98. The molecule has 0 saturated heterocycles. The minimum atomic E-state index is -1.80. The number of primary amides is 2. The molecule has 0 aliphatic carbocycles. The summed E-state index contributed by atoms with van der Waals surface area (Å²) in [6.07, 6.45) is 3.31. The zero-order valence-electron chi connectivity index (χ0n) is 77.8. The van der Waals surface area contributed by atoms with E-state index in [4.69, 9.17) is 17.2 Å². The van der Waals surface area contributed by atoms with Crippen molar-refractivity contribution < 1.29 is 111 Å². The monoisotopic (exact) mass is 1910 g/mol. The van der Waals surface area contributed by atoms with Gasteiger partial charge in [-0.3, -0.25) is 91.1 Å². The van der Waals surface area contributed by atoms with E-state index in [1.54, 1.807) is 124 Å². The number of aliphatic hydroxyl groups is 2. The summed E-state index contributed by atoms with van der Waals surface area (Å²) >= 11 is 2.74. The summed E-state index contributed by atoms with van der Waals surface area (Å²) in [7, 11) is 0. The Hall–Kier alpha value is -12.0. The standard InChI is InChI=1S/C87H137N21O23S2/c1-44(2)30-58(77(120)93-41-72(115)99-65(87(130)131)36-52-38-91-55-23-19-18-22-53(52)55)104-82(125)61(33-47(7)8)102-74(117)50(12)96-79(122)57(27-29-133-14)101-86(129)67(43-110)108-84(127)63(35-51-20-16-15-17-21-51)98-71(114)39-92-76(119)59(31-45(3)4)105-83(126)62(34-48(9)10)106-80(123)56(24-25-68(89)111)100-81(124)60(32-46(5)6)97-70(113)40-94-78(121)66(42-109)107-85(128)64(37-69(90)112)103-73(116)49(11)95-75(118)54(88)26-28-132-13/h15-23,38,44-50,54,56-67,91,109-110H,24-37,39-43,88H2,1-14H3,(H2,89,111)(H2,90,112)(H,92,119)(H,93,120)(H,94,121)(H,95,118)(H,96,122)(H,97,113)(H,98,114)(H,99,115)(H,100,124)(H,101,129)(H,102,117)(H,103,116)(H,104,125)(H,105,126)(H,106,123)(H,107,128)(H,108,127)(H,130,131)/t49-,50-,54-,56-,57-,58-,59-,60-,61-,62-,63-,64-,65-,66-,67-/m0/s1. The van der Waals surface area contributed by atoms with Crippen molar-refractivity contribution in [3.63, 3.8) is 0 Å². The number of amides is 19. The molecule has 740 valence electrons. The Balaban J connectivity index is 1.75. The molecule has 44 nitrogen and oxygen atoms in total. The van der Waals surface area contributed by atoms with Crippen LogP contribution in [0.5, 0.6) is 0 Å². The van der Waals surface area contributed by atoms with E-state index in [0.29, 0.717) is 23.3 Å². The Kier molecular flexibility index (Phi) is 51.5. The summed E-state index contributed by atoms with van der Waals surface area (Å²) in [5.41, 5.74) is 18.6. The number of benzene rings is 2. The number of aliphatic hydroxyl groups excluding tert-OH is 2. The Morgan fingerprint density at radius 3 is 1.11 bits per heavy atom. The van der Waals surface area contributed by atoms with Crippen molar-refractivity contribution in [1.82, 2.24) is 95.4 Å². The summed E-state index contributed by atoms with van der Waals surface area (Å²) in [5.74, 6) is -19.7. The molecule has 46 heteroatoms. The third kappa shape index (κ3) is 43.5. The number of carbonyl (C=O) groups excluding carboxylic acids is 19. The minimum Gasteiger partial charge on any atom is -0.480 e. The number of para-hydroxylation sites is 1. The number of aliphatic carboxylic acids is 1. The zero-order valence-corrected chi connectivity index (χ0v) is 79.4. The third-order valence-corrected chi connectivity index (χ3v) is 21.6. The van der Waals surface area contributed by atoms with Crippen molar-refractivity contribution in [3.8, 4) is 0 Å². The molecule has 0 radical (unpaired) electrons. The van der Waals surface area contributed by atoms with Gasteiger partial charge >= 0.3 is 5.97 Å². The van der Waals surface area contributed by atoms with Crippen LogP contribution in [0.15, 0.2) is 60.8 Å². The van der Waals surface area contributed by atoms with E-state index in [2.05, 4.69) is 95.4 Å². The van der Waals surface area contributed by atoms with Crippen LogP contribution in [0.1, 0.15) is 158 Å². The number of thioether (sulfide) groups is 2. The topological polar surface area (TPSA) is 700 Å². The van der Waals surface area contributed by atoms with Crippen LogP contribution >= 0.6 is 23.5 Å². The largest absolute Gasteiger partial charge is 0.480 e. The first-order valence-corrected chi connectivity index (χ1v) is 46.8. The zero-order chi connectivity index (χ0) is 100. The maximum Gasteiger partial charge on any atom is 0.326 e. The number of nitrogens with one attached hydrogen (secondary N) is 18. The summed E-state index contributed by atoms with van der Waals surface area (Å²) in [6, 6.07) is -6.18. The predicted molar refractivity (Wildman–Crippen MR) is 495 cm³/mol. The number of aromatic nitrogens is 1. The molecule has 15 atom stereocenters. The van der Waals surface area contributed by atoms with E-state index in [-0.39, 0.29) is 86.7 Å². The van der Waals surface area contributed by atoms with Crippen LogP contribution in [-0.4, -0.2) is 286 Å². The second kappa shape index (κ2) is 59.5. The second-order valence-corrected chi connectivity index (χ2v) is 36.4. The molecule has 0 unspecified atom stereocenters. The van der Waals surface area contributed by atoms with Crippen molar-refractivity contribution in [2.75, 3.05) is 56.9 Å². The summed E-state index contributed by atoms with van der Waals surface area (Å²) in [6.45, 7) is 15.5. The lowest BCUT2D eigenvalue weighted by atomic mass is 9.99. The fourth-order valence-electron chi connectivity index (χ4n) is 13.4. The number of carbonyl (C=O) groups is 20. The number of hydrogen-bond acceptors (Lipinski definition) is 25. The first kappa shape index (κ1) is 115. The summed E-state index contributed by atoms with van der Waals surface area (Å²) in [4.78, 5) is 274. The van der Waals surface area contributed by atoms with E-state index in [1.807, 2.05) is 18.4 Å². The van der Waals surface area contributed by atoms with Crippen LogP contribution in [0.4, 0.5) is 0 Å². The molecule has 1 aromatic heterocycles. The number of H-pyrrole nitrogens is 1. The summed E-state index contributed by atoms with van der Waals surface area (Å²) in [5, 5.41) is 73.5. The molecule has 3 rings (SSSR count). The van der Waals surface area contributed by atoms with Crippen LogP contribution in [-0.2, 0) is 109 Å². The number of carboxylic acid groups (broad SMARTS) is 1. The van der Waals surface area contributed by atoms with Crippen LogP contribution in [0.3, 0.4) is 0 Å². The van der Waals surface area contributed by atoms with Crippen molar-refractivity contribution in [2.24, 2.45) is 46.8 Å². The van der Waals surface area contributed by atoms with Crippen LogP contribution in [0.25, 0.3) is 10.9 Å². The molecule has 0 aliphatic heterocycles. The number of rotatable bonds is 62. The van der Waals surface area contributed by atoms with Crippen molar-refractivity contribution in [2.45, 2.75) is 251 Å². The average Bonchev–Trinajstić information content (AvgIpc) is 1.67. The lowest BCUT2D eigenvalue weighted by Crippen LogP contribution is -2.60. The van der Waals surface area contributed by atoms with Gasteiger partial charge in [0.05, 0.1) is 45.3 Å². The smallest absolute Gasteiger partial charge is 0.326 e. The lowest BCUT2D eigenvalue weighted by molar-refractivity contribution is -0.141.